The van der Waals surface area contributed by atoms with Crippen LogP contribution in [0.15, 0.2) is 18.2 Å². The molecule has 1 amide bonds. The number of anilines is 1. The van der Waals surface area contributed by atoms with Gasteiger partial charge in [-0.3, -0.25) is 4.79 Å². The number of hydrogen-bond donors (Lipinski definition) is 1. The lowest BCUT2D eigenvalue weighted by Gasteiger charge is -2.10. The summed E-state index contributed by atoms with van der Waals surface area (Å²) in [6.07, 6.45) is 0. The molecule has 0 atom stereocenters. The van der Waals surface area contributed by atoms with E-state index in [1.807, 2.05) is 0 Å². The molecule has 92 valence electrons. The summed E-state index contributed by atoms with van der Waals surface area (Å²) in [6, 6.07) is 4.40. The summed E-state index contributed by atoms with van der Waals surface area (Å²) < 4.78 is 4.82. The van der Waals surface area contributed by atoms with E-state index in [-0.39, 0.29) is 23.1 Å². The third-order valence-corrected chi connectivity index (χ3v) is 2.39. The van der Waals surface area contributed by atoms with Crippen molar-refractivity contribution in [2.75, 3.05) is 26.4 Å². The van der Waals surface area contributed by atoms with E-state index in [1.54, 1.807) is 14.1 Å². The smallest absolute Gasteiger partial charge is 0.338 e. The Morgan fingerprint density at radius 3 is 2.59 bits per heavy atom. The molecule has 0 aliphatic carbocycles. The first kappa shape index (κ1) is 13.3. The molecule has 2 N–H and O–H groups in total. The summed E-state index contributed by atoms with van der Waals surface area (Å²) in [5.41, 5.74) is 6.15. The lowest BCUT2D eigenvalue weighted by molar-refractivity contribution is -0.131. The Kier molecular flexibility index (Phi) is 4.34. The number of ether oxygens (including phenoxy) is 1. The summed E-state index contributed by atoms with van der Waals surface area (Å²) in [6.45, 7) is -0.298. The first-order valence-electron chi connectivity index (χ1n) is 4.84. The van der Waals surface area contributed by atoms with Crippen molar-refractivity contribution < 1.29 is 14.3 Å². The minimum atomic E-state index is -0.609. The SMILES string of the molecule is CN(C)C(=O)COC(=O)c1ccc(N)c(Cl)c1. The topological polar surface area (TPSA) is 72.6 Å². The number of carbonyl (C=O) groups excluding carboxylic acids is 2. The third-order valence-electron chi connectivity index (χ3n) is 2.06. The van der Waals surface area contributed by atoms with Crippen LogP contribution in [0.2, 0.25) is 5.02 Å². The second-order valence-corrected chi connectivity index (χ2v) is 4.01. The van der Waals surface area contributed by atoms with Crippen LogP contribution in [0.25, 0.3) is 0 Å². The van der Waals surface area contributed by atoms with E-state index in [2.05, 4.69) is 0 Å². The van der Waals surface area contributed by atoms with Crippen molar-refractivity contribution in [1.82, 2.24) is 4.90 Å². The lowest BCUT2D eigenvalue weighted by atomic mass is 10.2. The molecule has 0 bridgehead atoms. The number of benzene rings is 1. The van der Waals surface area contributed by atoms with Gasteiger partial charge in [-0.1, -0.05) is 11.6 Å². The molecule has 0 fully saturated rings. The van der Waals surface area contributed by atoms with Crippen molar-refractivity contribution in [3.05, 3.63) is 28.8 Å². The number of likely N-dealkylation sites (N-methyl/N-ethyl adjacent to an activating group) is 1. The average molecular weight is 257 g/mol. The molecule has 0 radical (unpaired) electrons. The number of hydrogen-bond acceptors (Lipinski definition) is 4. The van der Waals surface area contributed by atoms with Crippen molar-refractivity contribution >= 4 is 29.2 Å². The number of nitrogen functional groups attached to an aromatic ring is 1. The maximum Gasteiger partial charge on any atom is 0.338 e. The Hall–Kier alpha value is -1.75. The second kappa shape index (κ2) is 5.54. The van der Waals surface area contributed by atoms with E-state index >= 15 is 0 Å². The fourth-order valence-corrected chi connectivity index (χ4v) is 1.17. The Balaban J connectivity index is 2.64. The summed E-state index contributed by atoms with van der Waals surface area (Å²) in [4.78, 5) is 24.1. The highest BCUT2D eigenvalue weighted by Crippen LogP contribution is 2.19. The van der Waals surface area contributed by atoms with Crippen molar-refractivity contribution in [2.24, 2.45) is 0 Å². The monoisotopic (exact) mass is 256 g/mol. The Labute approximate surface area is 104 Å². The molecule has 0 spiro atoms. The number of amides is 1. The lowest BCUT2D eigenvalue weighted by Crippen LogP contribution is -2.27. The normalized spacial score (nSPS) is 9.82. The van der Waals surface area contributed by atoms with Crippen molar-refractivity contribution in [3.63, 3.8) is 0 Å². The van der Waals surface area contributed by atoms with Crippen LogP contribution < -0.4 is 5.73 Å². The molecule has 17 heavy (non-hydrogen) atoms. The fourth-order valence-electron chi connectivity index (χ4n) is 0.994. The molecular formula is C11H13ClN2O3. The average Bonchev–Trinajstić information content (AvgIpc) is 2.28. The van der Waals surface area contributed by atoms with E-state index in [0.29, 0.717) is 5.69 Å². The number of nitrogens with two attached hydrogens (primary N) is 1. The van der Waals surface area contributed by atoms with Gasteiger partial charge in [-0.15, -0.1) is 0 Å². The Bertz CT molecular complexity index is 446. The van der Waals surface area contributed by atoms with Gasteiger partial charge in [0.25, 0.3) is 5.91 Å². The van der Waals surface area contributed by atoms with Crippen LogP contribution in [-0.4, -0.2) is 37.5 Å². The highest BCUT2D eigenvalue weighted by atomic mass is 35.5. The van der Waals surface area contributed by atoms with E-state index in [9.17, 15) is 9.59 Å². The van der Waals surface area contributed by atoms with Gasteiger partial charge in [0.05, 0.1) is 16.3 Å². The van der Waals surface area contributed by atoms with Crippen LogP contribution in [0.4, 0.5) is 5.69 Å². The quantitative estimate of drug-likeness (QED) is 0.651. The predicted octanol–water partition coefficient (Wildman–Crippen LogP) is 1.17. The molecule has 5 nitrogen and oxygen atoms in total. The van der Waals surface area contributed by atoms with Gasteiger partial charge in [0, 0.05) is 14.1 Å². The highest BCUT2D eigenvalue weighted by Gasteiger charge is 2.12. The summed E-state index contributed by atoms with van der Waals surface area (Å²) in [5, 5.41) is 0.276. The Morgan fingerprint density at radius 2 is 2.06 bits per heavy atom. The molecule has 0 saturated carbocycles. The number of nitrogens with zero attached hydrogens (tertiary/aromatic N) is 1. The van der Waals surface area contributed by atoms with Crippen molar-refractivity contribution in [1.29, 1.82) is 0 Å². The van der Waals surface area contributed by atoms with Crippen LogP contribution in [0.1, 0.15) is 10.4 Å². The molecular weight excluding hydrogens is 244 g/mol. The van der Waals surface area contributed by atoms with E-state index in [4.69, 9.17) is 22.1 Å². The molecule has 0 unspecified atom stereocenters. The van der Waals surface area contributed by atoms with Gasteiger partial charge in [0.2, 0.25) is 0 Å². The van der Waals surface area contributed by atoms with Crippen LogP contribution in [0.5, 0.6) is 0 Å². The van der Waals surface area contributed by atoms with Gasteiger partial charge in [0.15, 0.2) is 6.61 Å². The van der Waals surface area contributed by atoms with Crippen LogP contribution in [0, 0.1) is 0 Å². The highest BCUT2D eigenvalue weighted by molar-refractivity contribution is 6.33. The molecule has 0 aromatic heterocycles. The zero-order valence-corrected chi connectivity index (χ0v) is 10.3. The van der Waals surface area contributed by atoms with Crippen LogP contribution in [0.3, 0.4) is 0 Å². The predicted molar refractivity (Wildman–Crippen MR) is 64.8 cm³/mol. The largest absolute Gasteiger partial charge is 0.452 e. The van der Waals surface area contributed by atoms with E-state index in [0.717, 1.165) is 0 Å². The molecule has 0 aliphatic rings. The van der Waals surface area contributed by atoms with Crippen molar-refractivity contribution in [3.8, 4) is 0 Å². The summed E-state index contributed by atoms with van der Waals surface area (Å²) in [7, 11) is 3.16. The van der Waals surface area contributed by atoms with Gasteiger partial charge >= 0.3 is 5.97 Å². The number of carbonyl (C=O) groups is 2. The van der Waals surface area contributed by atoms with E-state index < -0.39 is 5.97 Å². The number of rotatable bonds is 3. The Morgan fingerprint density at radius 1 is 1.41 bits per heavy atom. The standard InChI is InChI=1S/C11H13ClN2O3/c1-14(2)10(15)6-17-11(16)7-3-4-9(13)8(12)5-7/h3-5H,6,13H2,1-2H3. The first-order chi connectivity index (χ1) is 7.91. The molecule has 0 saturated heterocycles. The minimum absolute atomic E-state index is 0.260. The van der Waals surface area contributed by atoms with Crippen LogP contribution >= 0.6 is 11.6 Å². The zero-order chi connectivity index (χ0) is 13.0. The van der Waals surface area contributed by atoms with Crippen molar-refractivity contribution in [2.45, 2.75) is 0 Å². The maximum atomic E-state index is 11.5. The maximum absolute atomic E-state index is 11.5. The van der Waals surface area contributed by atoms with Crippen LogP contribution in [-0.2, 0) is 9.53 Å². The zero-order valence-electron chi connectivity index (χ0n) is 9.57. The second-order valence-electron chi connectivity index (χ2n) is 3.60. The molecule has 0 aliphatic heterocycles. The van der Waals surface area contributed by atoms with Gasteiger partial charge in [-0.25, -0.2) is 4.79 Å². The van der Waals surface area contributed by atoms with E-state index in [1.165, 1.54) is 23.1 Å². The fraction of sp³-hybridized carbons (Fsp3) is 0.273. The minimum Gasteiger partial charge on any atom is -0.452 e. The molecule has 1 rings (SSSR count). The molecule has 1 aromatic rings. The van der Waals surface area contributed by atoms with Gasteiger partial charge < -0.3 is 15.4 Å². The van der Waals surface area contributed by atoms with Gasteiger partial charge in [-0.05, 0) is 18.2 Å². The van der Waals surface area contributed by atoms with Gasteiger partial charge in [-0.2, -0.15) is 0 Å². The number of esters is 1. The molecule has 6 heteroatoms. The molecule has 1 aromatic carbocycles. The number of halogens is 1. The molecule has 0 heterocycles. The third kappa shape index (κ3) is 3.64. The summed E-state index contributed by atoms with van der Waals surface area (Å²) >= 11 is 5.76. The first-order valence-corrected chi connectivity index (χ1v) is 5.22. The summed E-state index contributed by atoms with van der Waals surface area (Å²) in [5.74, 6) is -0.901. The van der Waals surface area contributed by atoms with Gasteiger partial charge in [0.1, 0.15) is 0 Å².